The molecule has 0 unspecified atom stereocenters. The van der Waals surface area contributed by atoms with Crippen LogP contribution in [0.2, 0.25) is 0 Å². The second-order valence-electron chi connectivity index (χ2n) is 4.43. The number of rotatable bonds is 3. The fraction of sp³-hybridized carbons (Fsp3) is 0.538. The van der Waals surface area contributed by atoms with E-state index < -0.39 is 0 Å². The molecule has 2 nitrogen and oxygen atoms in total. The van der Waals surface area contributed by atoms with Crippen LogP contribution in [-0.4, -0.2) is 17.3 Å². The summed E-state index contributed by atoms with van der Waals surface area (Å²) < 4.78 is 1.13. The molecular formula is C13H18BrNO. The minimum Gasteiger partial charge on any atom is -0.392 e. The number of hydrogen-bond acceptors (Lipinski definition) is 2. The van der Waals surface area contributed by atoms with E-state index in [2.05, 4.69) is 27.3 Å². The molecule has 0 aromatic heterocycles. The Balaban J connectivity index is 1.89. The van der Waals surface area contributed by atoms with Crippen molar-refractivity contribution in [1.82, 2.24) is 5.32 Å². The average Bonchev–Trinajstić information content (AvgIpc) is 2.30. The number of benzene rings is 1. The summed E-state index contributed by atoms with van der Waals surface area (Å²) in [5.41, 5.74) is 1.25. The Morgan fingerprint density at radius 2 is 2.00 bits per heavy atom. The van der Waals surface area contributed by atoms with Crippen LogP contribution in [0.15, 0.2) is 28.7 Å². The maximum absolute atomic E-state index is 9.84. The minimum atomic E-state index is -0.170. The van der Waals surface area contributed by atoms with Gasteiger partial charge in [-0.3, -0.25) is 0 Å². The van der Waals surface area contributed by atoms with Gasteiger partial charge >= 0.3 is 0 Å². The van der Waals surface area contributed by atoms with Crippen LogP contribution in [0.5, 0.6) is 0 Å². The summed E-state index contributed by atoms with van der Waals surface area (Å²) in [4.78, 5) is 0. The van der Waals surface area contributed by atoms with E-state index in [9.17, 15) is 5.11 Å². The van der Waals surface area contributed by atoms with Crippen molar-refractivity contribution in [3.63, 3.8) is 0 Å². The summed E-state index contributed by atoms with van der Waals surface area (Å²) in [5, 5.41) is 13.3. The van der Waals surface area contributed by atoms with Gasteiger partial charge in [-0.15, -0.1) is 0 Å². The van der Waals surface area contributed by atoms with Crippen LogP contribution in [0.3, 0.4) is 0 Å². The van der Waals surface area contributed by atoms with Crippen molar-refractivity contribution >= 4 is 15.9 Å². The second-order valence-corrected chi connectivity index (χ2v) is 5.28. The average molecular weight is 284 g/mol. The van der Waals surface area contributed by atoms with E-state index in [1.165, 1.54) is 12.0 Å². The zero-order valence-electron chi connectivity index (χ0n) is 9.32. The van der Waals surface area contributed by atoms with Crippen molar-refractivity contribution < 1.29 is 5.11 Å². The molecule has 3 heteroatoms. The third-order valence-corrected chi connectivity index (χ3v) is 4.02. The van der Waals surface area contributed by atoms with E-state index >= 15 is 0 Å². The Labute approximate surface area is 105 Å². The molecular weight excluding hydrogens is 266 g/mol. The van der Waals surface area contributed by atoms with E-state index in [0.717, 1.165) is 30.3 Å². The second kappa shape index (κ2) is 5.80. The molecule has 1 saturated carbocycles. The smallest absolute Gasteiger partial charge is 0.0693 e. The van der Waals surface area contributed by atoms with Gasteiger partial charge in [0.15, 0.2) is 0 Å². The first kappa shape index (κ1) is 12.1. The first-order chi connectivity index (χ1) is 7.77. The van der Waals surface area contributed by atoms with E-state index in [1.54, 1.807) is 0 Å². The third-order valence-electron chi connectivity index (χ3n) is 3.24. The maximum Gasteiger partial charge on any atom is 0.0693 e. The highest BCUT2D eigenvalue weighted by Gasteiger charge is 2.22. The summed E-state index contributed by atoms with van der Waals surface area (Å²) in [6, 6.07) is 8.48. The molecule has 1 fully saturated rings. The Morgan fingerprint density at radius 3 is 2.75 bits per heavy atom. The Bertz CT molecular complexity index is 342. The number of nitrogens with one attached hydrogen (secondary N) is 1. The molecule has 2 N–H and O–H groups in total. The normalized spacial score (nSPS) is 25.6. The lowest BCUT2D eigenvalue weighted by Crippen LogP contribution is -2.41. The van der Waals surface area contributed by atoms with Gasteiger partial charge in [-0.05, 0) is 24.5 Å². The topological polar surface area (TPSA) is 32.3 Å². The predicted molar refractivity (Wildman–Crippen MR) is 69.2 cm³/mol. The van der Waals surface area contributed by atoms with Crippen LogP contribution in [0.1, 0.15) is 31.2 Å². The highest BCUT2D eigenvalue weighted by Crippen LogP contribution is 2.20. The lowest BCUT2D eigenvalue weighted by Gasteiger charge is -2.28. The lowest BCUT2D eigenvalue weighted by molar-refractivity contribution is 0.0902. The lowest BCUT2D eigenvalue weighted by atomic mass is 9.92. The summed E-state index contributed by atoms with van der Waals surface area (Å²) in [6.45, 7) is 0.823. The fourth-order valence-corrected chi connectivity index (χ4v) is 2.66. The highest BCUT2D eigenvalue weighted by atomic mass is 79.9. The molecule has 0 saturated heterocycles. The summed E-state index contributed by atoms with van der Waals surface area (Å²) in [6.07, 6.45) is 4.24. The molecule has 16 heavy (non-hydrogen) atoms. The maximum atomic E-state index is 9.84. The van der Waals surface area contributed by atoms with Crippen molar-refractivity contribution in [2.45, 2.75) is 44.4 Å². The third kappa shape index (κ3) is 3.06. The molecule has 1 aliphatic rings. The molecule has 0 heterocycles. The molecule has 1 aromatic rings. The van der Waals surface area contributed by atoms with Crippen molar-refractivity contribution in [1.29, 1.82) is 0 Å². The van der Waals surface area contributed by atoms with Gasteiger partial charge in [-0.1, -0.05) is 47.0 Å². The number of aliphatic hydroxyl groups excluding tert-OH is 1. The van der Waals surface area contributed by atoms with Gasteiger partial charge in [0, 0.05) is 17.1 Å². The van der Waals surface area contributed by atoms with Gasteiger partial charge < -0.3 is 10.4 Å². The van der Waals surface area contributed by atoms with E-state index in [0.29, 0.717) is 0 Å². The number of hydrogen-bond donors (Lipinski definition) is 2. The zero-order chi connectivity index (χ0) is 11.4. The summed E-state index contributed by atoms with van der Waals surface area (Å²) in [5.74, 6) is 0. The van der Waals surface area contributed by atoms with Crippen molar-refractivity contribution in [2.24, 2.45) is 0 Å². The molecule has 0 spiro atoms. The largest absolute Gasteiger partial charge is 0.392 e. The standard InChI is InChI=1S/C13H18BrNO/c14-11-6-2-1-5-10(11)9-15-12-7-3-4-8-13(12)16/h1-2,5-6,12-13,15-16H,3-4,7-9H2/t12-,13-/m1/s1. The van der Waals surface area contributed by atoms with Crippen LogP contribution in [0, 0.1) is 0 Å². The van der Waals surface area contributed by atoms with Crippen LogP contribution >= 0.6 is 15.9 Å². The van der Waals surface area contributed by atoms with E-state index in [1.807, 2.05) is 18.2 Å². The van der Waals surface area contributed by atoms with Crippen LogP contribution in [0.4, 0.5) is 0 Å². The van der Waals surface area contributed by atoms with Gasteiger partial charge in [0.1, 0.15) is 0 Å². The van der Waals surface area contributed by atoms with Gasteiger partial charge in [-0.25, -0.2) is 0 Å². The summed E-state index contributed by atoms with van der Waals surface area (Å²) >= 11 is 3.53. The molecule has 2 atom stereocenters. The van der Waals surface area contributed by atoms with E-state index in [-0.39, 0.29) is 12.1 Å². The fourth-order valence-electron chi connectivity index (χ4n) is 2.23. The quantitative estimate of drug-likeness (QED) is 0.894. The molecule has 1 aliphatic carbocycles. The van der Waals surface area contributed by atoms with Crippen molar-refractivity contribution in [2.75, 3.05) is 0 Å². The van der Waals surface area contributed by atoms with Crippen molar-refractivity contribution in [3.8, 4) is 0 Å². The molecule has 0 aliphatic heterocycles. The Hall–Kier alpha value is -0.380. The predicted octanol–water partition coefficient (Wildman–Crippen LogP) is 2.84. The van der Waals surface area contributed by atoms with Crippen LogP contribution in [0.25, 0.3) is 0 Å². The van der Waals surface area contributed by atoms with Crippen molar-refractivity contribution in [3.05, 3.63) is 34.3 Å². The molecule has 0 amide bonds. The zero-order valence-corrected chi connectivity index (χ0v) is 10.9. The van der Waals surface area contributed by atoms with Gasteiger partial charge in [0.05, 0.1) is 6.10 Å². The molecule has 0 radical (unpaired) electrons. The monoisotopic (exact) mass is 283 g/mol. The first-order valence-corrected chi connectivity index (χ1v) is 6.71. The Kier molecular flexibility index (Phi) is 4.38. The van der Waals surface area contributed by atoms with Crippen LogP contribution in [-0.2, 0) is 6.54 Å². The minimum absolute atomic E-state index is 0.170. The Morgan fingerprint density at radius 1 is 1.25 bits per heavy atom. The SMILES string of the molecule is O[C@@H]1CCCC[C@H]1NCc1ccccc1Br. The molecule has 1 aromatic carbocycles. The number of halogens is 1. The highest BCUT2D eigenvalue weighted by molar-refractivity contribution is 9.10. The first-order valence-electron chi connectivity index (χ1n) is 5.92. The van der Waals surface area contributed by atoms with Crippen LogP contribution < -0.4 is 5.32 Å². The molecule has 2 rings (SSSR count). The van der Waals surface area contributed by atoms with Gasteiger partial charge in [0.2, 0.25) is 0 Å². The number of aliphatic hydroxyl groups is 1. The summed E-state index contributed by atoms with van der Waals surface area (Å²) in [7, 11) is 0. The van der Waals surface area contributed by atoms with Gasteiger partial charge in [0.25, 0.3) is 0 Å². The molecule has 88 valence electrons. The van der Waals surface area contributed by atoms with E-state index in [4.69, 9.17) is 0 Å². The molecule has 0 bridgehead atoms. The van der Waals surface area contributed by atoms with Gasteiger partial charge in [-0.2, -0.15) is 0 Å².